The average molecular weight is 459 g/mol. The van der Waals surface area contributed by atoms with Gasteiger partial charge >= 0.3 is 6.18 Å². The Kier molecular flexibility index (Phi) is 6.40. The van der Waals surface area contributed by atoms with Crippen LogP contribution < -0.4 is 10.1 Å². The number of nitrogens with one attached hydrogen (secondary N) is 2. The fourth-order valence-corrected chi connectivity index (χ4v) is 3.21. The number of alkyl halides is 3. The van der Waals surface area contributed by atoms with Crippen LogP contribution in [0.2, 0.25) is 0 Å². The molecule has 0 unspecified atom stereocenters. The van der Waals surface area contributed by atoms with E-state index in [1.807, 2.05) is 0 Å². The van der Waals surface area contributed by atoms with Crippen LogP contribution in [0.4, 0.5) is 17.6 Å². The number of allylic oxidation sites excluding steroid dienone is 2. The van der Waals surface area contributed by atoms with Crippen molar-refractivity contribution in [3.63, 3.8) is 0 Å². The molecular formula is C20H19ClF4N4O2. The second kappa shape index (κ2) is 8.70. The standard InChI is InChI=1S/C20H19ClF4N4O2/c1-10-17(21)11(2)28-18(27-10)14-8-29(9-15(14)26)19(30)13-4-3-12(22)7-16(13)31-6-5-20(23,24)25/h3-4,7,26-27H,5-6,8-9H2,1-2H3/b18-14+,26-15?. The Morgan fingerprint density at radius 1 is 1.32 bits per heavy atom. The third-order valence-electron chi connectivity index (χ3n) is 4.68. The minimum atomic E-state index is -4.44. The fraction of sp³-hybridized carbons (Fsp3) is 0.350. The summed E-state index contributed by atoms with van der Waals surface area (Å²) in [4.78, 5) is 18.6. The van der Waals surface area contributed by atoms with Crippen molar-refractivity contribution in [3.05, 3.63) is 51.7 Å². The largest absolute Gasteiger partial charge is 0.492 e. The normalized spacial score (nSPS) is 19.5. The van der Waals surface area contributed by atoms with Crippen LogP contribution in [-0.2, 0) is 0 Å². The summed E-state index contributed by atoms with van der Waals surface area (Å²) >= 11 is 6.12. The van der Waals surface area contributed by atoms with E-state index in [2.05, 4.69) is 10.3 Å². The van der Waals surface area contributed by atoms with E-state index in [1.54, 1.807) is 13.8 Å². The zero-order chi connectivity index (χ0) is 22.9. The van der Waals surface area contributed by atoms with Crippen LogP contribution in [0.5, 0.6) is 5.75 Å². The highest BCUT2D eigenvalue weighted by atomic mass is 35.5. The molecule has 0 spiro atoms. The van der Waals surface area contributed by atoms with E-state index < -0.39 is 30.9 Å². The predicted molar refractivity (Wildman–Crippen MR) is 108 cm³/mol. The third kappa shape index (κ3) is 5.25. The van der Waals surface area contributed by atoms with Gasteiger partial charge in [-0.25, -0.2) is 9.38 Å². The van der Waals surface area contributed by atoms with Gasteiger partial charge in [0.05, 0.1) is 48.1 Å². The lowest BCUT2D eigenvalue weighted by atomic mass is 10.1. The molecule has 31 heavy (non-hydrogen) atoms. The number of hydrogen-bond donors (Lipinski definition) is 2. The van der Waals surface area contributed by atoms with Crippen molar-refractivity contribution in [3.8, 4) is 5.75 Å². The number of hydrogen-bond acceptors (Lipinski definition) is 5. The molecule has 2 heterocycles. The monoisotopic (exact) mass is 458 g/mol. The average Bonchev–Trinajstić information content (AvgIpc) is 3.06. The van der Waals surface area contributed by atoms with E-state index >= 15 is 0 Å². The van der Waals surface area contributed by atoms with Crippen LogP contribution in [0, 0.1) is 11.2 Å². The van der Waals surface area contributed by atoms with Crippen LogP contribution in [0.15, 0.2) is 45.3 Å². The van der Waals surface area contributed by atoms with E-state index in [0.717, 1.165) is 18.2 Å². The first-order valence-corrected chi connectivity index (χ1v) is 9.62. The molecule has 2 N–H and O–H groups in total. The number of halogens is 5. The van der Waals surface area contributed by atoms with Gasteiger partial charge in [-0.2, -0.15) is 13.2 Å². The van der Waals surface area contributed by atoms with Gasteiger partial charge in [0.25, 0.3) is 5.91 Å². The van der Waals surface area contributed by atoms with E-state index in [4.69, 9.17) is 21.7 Å². The van der Waals surface area contributed by atoms with E-state index in [-0.39, 0.29) is 30.1 Å². The molecule has 166 valence electrons. The number of aliphatic imine (C=N–C) groups is 1. The molecule has 6 nitrogen and oxygen atoms in total. The van der Waals surface area contributed by atoms with Gasteiger partial charge in [-0.15, -0.1) is 0 Å². The summed E-state index contributed by atoms with van der Waals surface area (Å²) in [7, 11) is 0. The summed E-state index contributed by atoms with van der Waals surface area (Å²) < 4.78 is 55.9. The van der Waals surface area contributed by atoms with Crippen molar-refractivity contribution in [2.75, 3.05) is 19.7 Å². The molecule has 1 aromatic carbocycles. The van der Waals surface area contributed by atoms with Crippen molar-refractivity contribution in [2.24, 2.45) is 4.99 Å². The van der Waals surface area contributed by atoms with Crippen LogP contribution in [-0.4, -0.2) is 48.1 Å². The fourth-order valence-electron chi connectivity index (χ4n) is 3.12. The first-order chi connectivity index (χ1) is 14.5. The lowest BCUT2D eigenvalue weighted by molar-refractivity contribution is -0.139. The number of nitrogens with zero attached hydrogens (tertiary/aromatic N) is 2. The molecule has 2 aliphatic heterocycles. The minimum Gasteiger partial charge on any atom is -0.492 e. The zero-order valence-electron chi connectivity index (χ0n) is 16.7. The number of rotatable bonds is 4. The Hall–Kier alpha value is -2.88. The zero-order valence-corrected chi connectivity index (χ0v) is 17.4. The SMILES string of the molecule is CC1=N/C(=C2\CN(C(=O)c3ccc(F)cc3OCCC(F)(F)F)CC2=N)NC(C)=C1Cl. The minimum absolute atomic E-state index is 0.0379. The molecule has 0 atom stereocenters. The number of ether oxygens (including phenoxy) is 1. The topological polar surface area (TPSA) is 77.8 Å². The van der Waals surface area contributed by atoms with Gasteiger partial charge in [0.15, 0.2) is 0 Å². The molecule has 1 aromatic rings. The summed E-state index contributed by atoms with van der Waals surface area (Å²) in [5.41, 5.74) is 1.78. The quantitative estimate of drug-likeness (QED) is 0.657. The summed E-state index contributed by atoms with van der Waals surface area (Å²) in [6, 6.07) is 3.05. The number of benzene rings is 1. The van der Waals surface area contributed by atoms with Gasteiger partial charge < -0.3 is 20.4 Å². The second-order valence-corrected chi connectivity index (χ2v) is 7.46. The molecule has 1 saturated heterocycles. The third-order valence-corrected chi connectivity index (χ3v) is 5.24. The molecule has 0 bridgehead atoms. The molecule has 1 amide bonds. The van der Waals surface area contributed by atoms with Crippen LogP contribution >= 0.6 is 11.6 Å². The summed E-state index contributed by atoms with van der Waals surface area (Å²) in [5.74, 6) is -1.22. The molecule has 3 rings (SSSR count). The Bertz CT molecular complexity index is 1030. The second-order valence-electron chi connectivity index (χ2n) is 7.08. The van der Waals surface area contributed by atoms with Gasteiger partial charge in [-0.1, -0.05) is 11.6 Å². The smallest absolute Gasteiger partial charge is 0.392 e. The molecule has 0 aliphatic carbocycles. The molecule has 2 aliphatic rings. The van der Waals surface area contributed by atoms with Gasteiger partial charge in [0.1, 0.15) is 17.4 Å². The first-order valence-electron chi connectivity index (χ1n) is 9.24. The van der Waals surface area contributed by atoms with Crippen molar-refractivity contribution in [1.82, 2.24) is 10.2 Å². The number of carbonyl (C=O) groups excluding carboxylic acids is 1. The van der Waals surface area contributed by atoms with Crippen molar-refractivity contribution >= 4 is 28.9 Å². The van der Waals surface area contributed by atoms with Gasteiger partial charge in [0, 0.05) is 17.3 Å². The highest BCUT2D eigenvalue weighted by molar-refractivity contribution is 6.43. The van der Waals surface area contributed by atoms with Crippen molar-refractivity contribution in [1.29, 1.82) is 5.41 Å². The molecular weight excluding hydrogens is 440 g/mol. The summed E-state index contributed by atoms with van der Waals surface area (Å²) in [6.07, 6.45) is -5.68. The number of likely N-dealkylation sites (tertiary alicyclic amines) is 1. The number of amides is 1. The van der Waals surface area contributed by atoms with Crippen LogP contribution in [0.3, 0.4) is 0 Å². The predicted octanol–water partition coefficient (Wildman–Crippen LogP) is 4.38. The van der Waals surface area contributed by atoms with E-state index in [0.29, 0.717) is 27.8 Å². The Balaban J connectivity index is 1.82. The molecule has 0 aromatic heterocycles. The lowest BCUT2D eigenvalue weighted by Gasteiger charge is -2.19. The maximum absolute atomic E-state index is 13.6. The molecule has 0 radical (unpaired) electrons. The lowest BCUT2D eigenvalue weighted by Crippen LogP contribution is -2.29. The van der Waals surface area contributed by atoms with Crippen molar-refractivity contribution < 1.29 is 27.1 Å². The maximum atomic E-state index is 13.6. The Morgan fingerprint density at radius 2 is 2.03 bits per heavy atom. The first kappa shape index (κ1) is 22.8. The van der Waals surface area contributed by atoms with Gasteiger partial charge in [-0.3, -0.25) is 4.79 Å². The Morgan fingerprint density at radius 3 is 2.68 bits per heavy atom. The van der Waals surface area contributed by atoms with Gasteiger partial charge in [-0.05, 0) is 26.0 Å². The highest BCUT2D eigenvalue weighted by Gasteiger charge is 2.32. The Labute approximate surface area is 180 Å². The van der Waals surface area contributed by atoms with Crippen LogP contribution in [0.1, 0.15) is 30.6 Å². The molecule has 1 fully saturated rings. The van der Waals surface area contributed by atoms with E-state index in [1.165, 1.54) is 4.90 Å². The van der Waals surface area contributed by atoms with Crippen molar-refractivity contribution in [2.45, 2.75) is 26.4 Å². The summed E-state index contributed by atoms with van der Waals surface area (Å²) in [6.45, 7) is 2.73. The molecule has 11 heteroatoms. The molecule has 0 saturated carbocycles. The van der Waals surface area contributed by atoms with Gasteiger partial charge in [0.2, 0.25) is 0 Å². The number of carbonyl (C=O) groups is 1. The van der Waals surface area contributed by atoms with E-state index in [9.17, 15) is 22.4 Å². The van der Waals surface area contributed by atoms with Crippen LogP contribution in [0.25, 0.3) is 0 Å². The summed E-state index contributed by atoms with van der Waals surface area (Å²) in [5, 5.41) is 11.7. The highest BCUT2D eigenvalue weighted by Crippen LogP contribution is 2.28. The maximum Gasteiger partial charge on any atom is 0.392 e.